The second-order valence-electron chi connectivity index (χ2n) is 10.9. The maximum atomic E-state index is 14.0. The third kappa shape index (κ3) is 9.70. The van der Waals surface area contributed by atoms with Gasteiger partial charge < -0.3 is 10.2 Å². The lowest BCUT2D eigenvalue weighted by molar-refractivity contribution is -0.141. The molecule has 0 radical (unpaired) electrons. The van der Waals surface area contributed by atoms with Crippen LogP contribution in [0.25, 0.3) is 0 Å². The Labute approximate surface area is 259 Å². The molecule has 2 atom stereocenters. The van der Waals surface area contributed by atoms with E-state index in [0.29, 0.717) is 18.5 Å². The Balaban J connectivity index is 1.90. The number of carbonyl (C=O) groups is 2. The molecular formula is C33H42BrN3O4S. The number of rotatable bonds is 14. The molecule has 7 nitrogen and oxygen atoms in total. The number of benzene rings is 3. The van der Waals surface area contributed by atoms with Crippen LogP contribution >= 0.6 is 15.9 Å². The van der Waals surface area contributed by atoms with Crippen molar-refractivity contribution in [1.29, 1.82) is 0 Å². The number of nitrogens with one attached hydrogen (secondary N) is 1. The molecule has 0 fully saturated rings. The number of anilines is 1. The molecule has 42 heavy (non-hydrogen) atoms. The fourth-order valence-electron chi connectivity index (χ4n) is 4.75. The summed E-state index contributed by atoms with van der Waals surface area (Å²) in [6.07, 6.45) is 2.72. The summed E-state index contributed by atoms with van der Waals surface area (Å²) in [5.41, 5.74) is 4.27. The van der Waals surface area contributed by atoms with E-state index in [4.69, 9.17) is 0 Å². The van der Waals surface area contributed by atoms with Gasteiger partial charge in [0, 0.05) is 36.4 Å². The van der Waals surface area contributed by atoms with Gasteiger partial charge in [-0.3, -0.25) is 13.9 Å². The van der Waals surface area contributed by atoms with E-state index in [2.05, 4.69) is 21.2 Å². The SMILES string of the molecule is CC[C@@H](C)NC(=O)[C@@H](Cc1ccccc1)N(Cc1ccc(Br)cc1)C(=O)CCCN(c1cc(C)ccc1C)S(C)(=O)=O. The van der Waals surface area contributed by atoms with Gasteiger partial charge in [-0.25, -0.2) is 8.42 Å². The van der Waals surface area contributed by atoms with Crippen molar-refractivity contribution in [3.05, 3.63) is 99.5 Å². The molecule has 3 rings (SSSR count). The van der Waals surface area contributed by atoms with Crippen molar-refractivity contribution in [2.24, 2.45) is 0 Å². The highest BCUT2D eigenvalue weighted by molar-refractivity contribution is 9.10. The predicted octanol–water partition coefficient (Wildman–Crippen LogP) is 6.17. The van der Waals surface area contributed by atoms with Gasteiger partial charge in [0.05, 0.1) is 11.9 Å². The van der Waals surface area contributed by atoms with Crippen LogP contribution in [-0.4, -0.2) is 50.0 Å². The Morgan fingerprint density at radius 3 is 2.24 bits per heavy atom. The zero-order chi connectivity index (χ0) is 30.9. The van der Waals surface area contributed by atoms with Crippen molar-refractivity contribution < 1.29 is 18.0 Å². The zero-order valence-electron chi connectivity index (χ0n) is 25.1. The number of hydrogen-bond acceptors (Lipinski definition) is 4. The van der Waals surface area contributed by atoms with E-state index in [0.717, 1.165) is 33.1 Å². The molecule has 2 amide bonds. The second-order valence-corrected chi connectivity index (χ2v) is 13.7. The van der Waals surface area contributed by atoms with E-state index in [1.165, 1.54) is 10.6 Å². The molecule has 3 aromatic rings. The normalized spacial score (nSPS) is 12.8. The van der Waals surface area contributed by atoms with Crippen LogP contribution in [-0.2, 0) is 32.6 Å². The number of sulfonamides is 1. The average Bonchev–Trinajstić information content (AvgIpc) is 2.95. The van der Waals surface area contributed by atoms with Crippen LogP contribution in [0.4, 0.5) is 5.69 Å². The number of aryl methyl sites for hydroxylation is 2. The number of amides is 2. The van der Waals surface area contributed by atoms with E-state index in [-0.39, 0.29) is 37.4 Å². The minimum Gasteiger partial charge on any atom is -0.352 e. The first-order valence-corrected chi connectivity index (χ1v) is 17.0. The van der Waals surface area contributed by atoms with Crippen LogP contribution in [0.2, 0.25) is 0 Å². The van der Waals surface area contributed by atoms with Gasteiger partial charge in [0.15, 0.2) is 0 Å². The zero-order valence-corrected chi connectivity index (χ0v) is 27.5. The van der Waals surface area contributed by atoms with Crippen LogP contribution in [0.15, 0.2) is 77.3 Å². The Morgan fingerprint density at radius 2 is 1.62 bits per heavy atom. The first-order valence-electron chi connectivity index (χ1n) is 14.3. The van der Waals surface area contributed by atoms with Crippen LogP contribution in [0.5, 0.6) is 0 Å². The molecule has 0 heterocycles. The predicted molar refractivity (Wildman–Crippen MR) is 174 cm³/mol. The van der Waals surface area contributed by atoms with Gasteiger partial charge in [-0.15, -0.1) is 0 Å². The molecular weight excluding hydrogens is 614 g/mol. The molecule has 0 spiro atoms. The molecule has 0 bridgehead atoms. The molecule has 0 saturated carbocycles. The van der Waals surface area contributed by atoms with Crippen molar-refractivity contribution in [1.82, 2.24) is 10.2 Å². The Morgan fingerprint density at radius 1 is 0.952 bits per heavy atom. The second kappa shape index (κ2) is 15.3. The molecule has 1 N–H and O–H groups in total. The van der Waals surface area contributed by atoms with E-state index in [9.17, 15) is 18.0 Å². The summed E-state index contributed by atoms with van der Waals surface area (Å²) >= 11 is 3.47. The van der Waals surface area contributed by atoms with E-state index in [1.807, 2.05) is 100 Å². The van der Waals surface area contributed by atoms with Gasteiger partial charge in [-0.05, 0) is 74.1 Å². The van der Waals surface area contributed by atoms with Crippen molar-refractivity contribution in [3.63, 3.8) is 0 Å². The lowest BCUT2D eigenvalue weighted by Gasteiger charge is -2.33. The van der Waals surface area contributed by atoms with E-state index >= 15 is 0 Å². The first-order chi connectivity index (χ1) is 19.9. The lowest BCUT2D eigenvalue weighted by atomic mass is 10.0. The molecule has 0 aliphatic carbocycles. The number of halogens is 1. The van der Waals surface area contributed by atoms with Gasteiger partial charge in [0.1, 0.15) is 6.04 Å². The minimum absolute atomic E-state index is 0.0405. The summed E-state index contributed by atoms with van der Waals surface area (Å²) in [6.45, 7) is 8.16. The van der Waals surface area contributed by atoms with Gasteiger partial charge in [-0.1, -0.05) is 77.5 Å². The molecule has 0 saturated heterocycles. The maximum Gasteiger partial charge on any atom is 0.243 e. The lowest BCUT2D eigenvalue weighted by Crippen LogP contribution is -2.52. The fraction of sp³-hybridized carbons (Fsp3) is 0.394. The minimum atomic E-state index is -3.58. The monoisotopic (exact) mass is 655 g/mol. The van der Waals surface area contributed by atoms with Crippen LogP contribution in [0.1, 0.15) is 55.4 Å². The fourth-order valence-corrected chi connectivity index (χ4v) is 6.03. The molecule has 0 unspecified atom stereocenters. The third-order valence-electron chi connectivity index (χ3n) is 7.32. The highest BCUT2D eigenvalue weighted by atomic mass is 79.9. The van der Waals surface area contributed by atoms with Gasteiger partial charge in [0.25, 0.3) is 0 Å². The molecule has 9 heteroatoms. The van der Waals surface area contributed by atoms with Crippen molar-refractivity contribution in [3.8, 4) is 0 Å². The van der Waals surface area contributed by atoms with Crippen LogP contribution in [0.3, 0.4) is 0 Å². The standard InChI is InChI=1S/C33H42BrN3O4S/c1-6-26(4)35-33(39)31(22-27-11-8-7-9-12-27)36(23-28-16-18-29(34)19-17-28)32(38)13-10-20-37(42(5,40)41)30-21-24(2)14-15-25(30)3/h7-9,11-12,14-19,21,26,31H,6,10,13,20,22-23H2,1-5H3,(H,35,39)/t26-,31-/m1/s1. The van der Waals surface area contributed by atoms with Crippen molar-refractivity contribution in [2.45, 2.75) is 72.0 Å². The molecule has 226 valence electrons. The topological polar surface area (TPSA) is 86.8 Å². The highest BCUT2D eigenvalue weighted by Gasteiger charge is 2.31. The molecule has 0 aromatic heterocycles. The Kier molecular flexibility index (Phi) is 12.2. The van der Waals surface area contributed by atoms with Gasteiger partial charge >= 0.3 is 0 Å². The highest BCUT2D eigenvalue weighted by Crippen LogP contribution is 2.25. The van der Waals surface area contributed by atoms with Crippen LogP contribution < -0.4 is 9.62 Å². The summed E-state index contributed by atoms with van der Waals surface area (Å²) in [5.74, 6) is -0.403. The number of hydrogen-bond donors (Lipinski definition) is 1. The molecule has 3 aromatic carbocycles. The van der Waals surface area contributed by atoms with Crippen molar-refractivity contribution >= 4 is 43.5 Å². The summed E-state index contributed by atoms with van der Waals surface area (Å²) in [7, 11) is -3.58. The maximum absolute atomic E-state index is 14.0. The summed E-state index contributed by atoms with van der Waals surface area (Å²) in [4.78, 5) is 29.3. The molecule has 0 aliphatic rings. The summed E-state index contributed by atoms with van der Waals surface area (Å²) in [6, 6.07) is 22.3. The molecule has 0 aliphatic heterocycles. The summed E-state index contributed by atoms with van der Waals surface area (Å²) < 4.78 is 27.9. The van der Waals surface area contributed by atoms with Gasteiger partial charge in [-0.2, -0.15) is 0 Å². The van der Waals surface area contributed by atoms with Gasteiger partial charge in [0.2, 0.25) is 21.8 Å². The van der Waals surface area contributed by atoms with Crippen molar-refractivity contribution in [2.75, 3.05) is 17.1 Å². The Hall–Kier alpha value is -3.17. The quantitative estimate of drug-likeness (QED) is 0.225. The number of carbonyl (C=O) groups excluding carboxylic acids is 2. The average molecular weight is 657 g/mol. The first kappa shape index (κ1) is 33.3. The Bertz CT molecular complexity index is 1450. The van der Waals surface area contributed by atoms with Crippen LogP contribution in [0, 0.1) is 13.8 Å². The smallest absolute Gasteiger partial charge is 0.243 e. The summed E-state index contributed by atoms with van der Waals surface area (Å²) in [5, 5.41) is 3.08. The van der Waals surface area contributed by atoms with E-state index in [1.54, 1.807) is 4.90 Å². The number of nitrogens with zero attached hydrogens (tertiary/aromatic N) is 2. The third-order valence-corrected chi connectivity index (χ3v) is 9.03. The largest absolute Gasteiger partial charge is 0.352 e. The van der Waals surface area contributed by atoms with E-state index < -0.39 is 16.1 Å².